The summed E-state index contributed by atoms with van der Waals surface area (Å²) in [5.74, 6) is -1.94. The first-order chi connectivity index (χ1) is 14.0. The van der Waals surface area contributed by atoms with Gasteiger partial charge in [-0.1, -0.05) is 60.7 Å². The number of ether oxygens (including phenoxy) is 3. The maximum Gasteiger partial charge on any atom is 0.338 e. The largest absolute Gasteiger partial charge is 0.466 e. The zero-order valence-corrected chi connectivity index (χ0v) is 15.7. The zero-order valence-electron chi connectivity index (χ0n) is 15.7. The fourth-order valence-electron chi connectivity index (χ4n) is 3.42. The monoisotopic (exact) mass is 388 g/mol. The van der Waals surface area contributed by atoms with Crippen LogP contribution >= 0.6 is 0 Å². The number of esters is 2. The molecule has 1 heterocycles. The van der Waals surface area contributed by atoms with Crippen molar-refractivity contribution in [1.29, 1.82) is 10.5 Å². The molecule has 2 aromatic carbocycles. The van der Waals surface area contributed by atoms with Crippen LogP contribution in [0, 0.1) is 22.7 Å². The summed E-state index contributed by atoms with van der Waals surface area (Å²) in [5, 5.41) is 20.3. The maximum atomic E-state index is 12.8. The lowest BCUT2D eigenvalue weighted by Crippen LogP contribution is -2.36. The number of carbonyl (C=O) groups is 2. The van der Waals surface area contributed by atoms with Crippen LogP contribution in [0.1, 0.15) is 11.1 Å². The lowest BCUT2D eigenvalue weighted by atomic mass is 9.82. The van der Waals surface area contributed by atoms with Crippen molar-refractivity contribution in [2.24, 2.45) is 0 Å². The Morgan fingerprint density at radius 2 is 1.10 bits per heavy atom. The third-order valence-corrected chi connectivity index (χ3v) is 4.71. The highest BCUT2D eigenvalue weighted by Crippen LogP contribution is 2.53. The molecule has 0 aliphatic carbocycles. The van der Waals surface area contributed by atoms with Gasteiger partial charge in [0.05, 0.1) is 14.2 Å². The lowest BCUT2D eigenvalue weighted by molar-refractivity contribution is -0.139. The Bertz CT molecular complexity index is 980. The molecular weight excluding hydrogens is 372 g/mol. The summed E-state index contributed by atoms with van der Waals surface area (Å²) >= 11 is 0. The summed E-state index contributed by atoms with van der Waals surface area (Å²) in [4.78, 5) is 25.6. The molecule has 1 aliphatic rings. The Labute approximate surface area is 167 Å². The van der Waals surface area contributed by atoms with E-state index in [2.05, 4.69) is 0 Å². The van der Waals surface area contributed by atoms with Crippen molar-refractivity contribution in [3.63, 3.8) is 0 Å². The molecule has 144 valence electrons. The van der Waals surface area contributed by atoms with Crippen molar-refractivity contribution in [2.75, 3.05) is 14.2 Å². The third-order valence-electron chi connectivity index (χ3n) is 4.71. The van der Waals surface area contributed by atoms with Crippen LogP contribution in [0.2, 0.25) is 0 Å². The van der Waals surface area contributed by atoms with Crippen LogP contribution in [-0.4, -0.2) is 26.2 Å². The average Bonchev–Trinajstić information content (AvgIpc) is 3.12. The standard InChI is InChI=1S/C22H16N2O5/c1-27-19(25)17-18(20(26)28-2)22(14-24,16-11-7-4-8-12-16)29-21(17,13-23)15-9-5-3-6-10-15/h3-12H,1-2H3/t21-,22+. The van der Waals surface area contributed by atoms with Crippen molar-refractivity contribution >= 4 is 11.9 Å². The molecule has 0 fully saturated rings. The predicted molar refractivity (Wildman–Crippen MR) is 99.6 cm³/mol. The van der Waals surface area contributed by atoms with Gasteiger partial charge in [-0.15, -0.1) is 0 Å². The van der Waals surface area contributed by atoms with E-state index in [1.54, 1.807) is 60.7 Å². The number of methoxy groups -OCH3 is 2. The molecule has 2 atom stereocenters. The topological polar surface area (TPSA) is 109 Å². The summed E-state index contributed by atoms with van der Waals surface area (Å²) in [6.07, 6.45) is 0. The van der Waals surface area contributed by atoms with E-state index in [1.165, 1.54) is 0 Å². The molecule has 0 unspecified atom stereocenters. The number of hydrogen-bond acceptors (Lipinski definition) is 7. The fraction of sp³-hybridized carbons (Fsp3) is 0.182. The maximum absolute atomic E-state index is 12.8. The van der Waals surface area contributed by atoms with E-state index in [0.717, 1.165) is 14.2 Å². The summed E-state index contributed by atoms with van der Waals surface area (Å²) in [5.41, 5.74) is -4.32. The second kappa shape index (κ2) is 7.59. The lowest BCUT2D eigenvalue weighted by Gasteiger charge is -2.29. The Morgan fingerprint density at radius 3 is 1.38 bits per heavy atom. The minimum Gasteiger partial charge on any atom is -0.466 e. The first kappa shape index (κ1) is 19.8. The van der Waals surface area contributed by atoms with Crippen LogP contribution in [0.5, 0.6) is 0 Å². The molecule has 29 heavy (non-hydrogen) atoms. The van der Waals surface area contributed by atoms with Crippen LogP contribution in [0.3, 0.4) is 0 Å². The smallest absolute Gasteiger partial charge is 0.338 e. The minimum atomic E-state index is -2.05. The molecule has 0 N–H and O–H groups in total. The van der Waals surface area contributed by atoms with Crippen LogP contribution < -0.4 is 0 Å². The molecule has 0 amide bonds. The summed E-state index contributed by atoms with van der Waals surface area (Å²) in [6, 6.07) is 20.3. The van der Waals surface area contributed by atoms with E-state index in [0.29, 0.717) is 0 Å². The van der Waals surface area contributed by atoms with Gasteiger partial charge in [0.15, 0.2) is 0 Å². The number of benzene rings is 2. The molecular formula is C22H16N2O5. The third kappa shape index (κ3) is 2.85. The number of nitrogens with zero attached hydrogens (tertiary/aromatic N) is 2. The SMILES string of the molecule is COC(=O)C1=C(C(=O)OC)[C@](C#N)(c2ccccc2)O[C@]1(C#N)c1ccccc1. The highest BCUT2D eigenvalue weighted by atomic mass is 16.6. The molecule has 0 bridgehead atoms. The van der Waals surface area contributed by atoms with Gasteiger partial charge in [-0.2, -0.15) is 10.5 Å². The zero-order chi connectivity index (χ0) is 21.1. The number of nitriles is 2. The highest BCUT2D eigenvalue weighted by Gasteiger charge is 2.63. The van der Waals surface area contributed by atoms with Gasteiger partial charge < -0.3 is 14.2 Å². The van der Waals surface area contributed by atoms with E-state index in [9.17, 15) is 20.1 Å². The Balaban J connectivity index is 2.47. The van der Waals surface area contributed by atoms with Gasteiger partial charge in [0, 0.05) is 11.1 Å². The van der Waals surface area contributed by atoms with Gasteiger partial charge in [-0.25, -0.2) is 9.59 Å². The van der Waals surface area contributed by atoms with Crippen LogP contribution in [0.15, 0.2) is 71.8 Å². The van der Waals surface area contributed by atoms with Crippen LogP contribution in [0.4, 0.5) is 0 Å². The molecule has 7 nitrogen and oxygen atoms in total. The van der Waals surface area contributed by atoms with Crippen LogP contribution in [0.25, 0.3) is 0 Å². The number of rotatable bonds is 4. The van der Waals surface area contributed by atoms with E-state index in [-0.39, 0.29) is 22.3 Å². The molecule has 0 spiro atoms. The molecule has 7 heteroatoms. The van der Waals surface area contributed by atoms with Crippen molar-refractivity contribution in [3.05, 3.63) is 82.9 Å². The second-order valence-electron chi connectivity index (χ2n) is 6.15. The van der Waals surface area contributed by atoms with Crippen molar-refractivity contribution in [1.82, 2.24) is 0 Å². The van der Waals surface area contributed by atoms with E-state index < -0.39 is 23.1 Å². The molecule has 0 aromatic heterocycles. The quantitative estimate of drug-likeness (QED) is 0.740. The van der Waals surface area contributed by atoms with E-state index in [4.69, 9.17) is 14.2 Å². The van der Waals surface area contributed by atoms with E-state index in [1.807, 2.05) is 12.1 Å². The predicted octanol–water partition coefficient (Wildman–Crippen LogP) is 2.50. The first-order valence-corrected chi connectivity index (χ1v) is 8.56. The average molecular weight is 388 g/mol. The molecule has 1 aliphatic heterocycles. The van der Waals surface area contributed by atoms with Crippen molar-refractivity contribution < 1.29 is 23.8 Å². The fourth-order valence-corrected chi connectivity index (χ4v) is 3.42. The molecule has 3 rings (SSSR count). The van der Waals surface area contributed by atoms with Crippen molar-refractivity contribution in [3.8, 4) is 12.1 Å². The molecule has 0 radical (unpaired) electrons. The molecule has 0 saturated heterocycles. The van der Waals surface area contributed by atoms with Gasteiger partial charge >= 0.3 is 11.9 Å². The first-order valence-electron chi connectivity index (χ1n) is 8.56. The van der Waals surface area contributed by atoms with Gasteiger partial charge in [0.2, 0.25) is 11.2 Å². The normalized spacial score (nSPS) is 23.0. The minimum absolute atomic E-state index is 0.275. The Hall–Kier alpha value is -3.94. The van der Waals surface area contributed by atoms with Gasteiger partial charge in [-0.3, -0.25) is 0 Å². The Kier molecular flexibility index (Phi) is 5.18. The second-order valence-corrected chi connectivity index (χ2v) is 6.15. The number of hydrogen-bond donors (Lipinski definition) is 0. The molecule has 2 aromatic rings. The summed E-state index contributed by atoms with van der Waals surface area (Å²) in [7, 11) is 2.23. The Morgan fingerprint density at radius 1 is 0.759 bits per heavy atom. The van der Waals surface area contributed by atoms with Gasteiger partial charge in [0.1, 0.15) is 23.3 Å². The summed E-state index contributed by atoms with van der Waals surface area (Å²) in [6.45, 7) is 0. The van der Waals surface area contributed by atoms with Crippen LogP contribution in [-0.2, 0) is 35.0 Å². The molecule has 0 saturated carbocycles. The number of carbonyl (C=O) groups excluding carboxylic acids is 2. The van der Waals surface area contributed by atoms with Gasteiger partial charge in [0.25, 0.3) is 0 Å². The van der Waals surface area contributed by atoms with E-state index >= 15 is 0 Å². The summed E-state index contributed by atoms with van der Waals surface area (Å²) < 4.78 is 15.8. The van der Waals surface area contributed by atoms with Gasteiger partial charge in [-0.05, 0) is 0 Å². The van der Waals surface area contributed by atoms with Crippen molar-refractivity contribution in [2.45, 2.75) is 11.2 Å². The highest BCUT2D eigenvalue weighted by molar-refractivity contribution is 6.05.